The molecule has 0 spiro atoms. The molecule has 4 heteroatoms. The van der Waals surface area contributed by atoms with Gasteiger partial charge in [0.2, 0.25) is 0 Å². The molecule has 1 saturated carbocycles. The van der Waals surface area contributed by atoms with E-state index in [9.17, 15) is 0 Å². The maximum absolute atomic E-state index is 2.82. The highest BCUT2D eigenvalue weighted by Crippen LogP contribution is 2.61. The topological polar surface area (TPSA) is 9.72 Å². The van der Waals surface area contributed by atoms with E-state index in [-0.39, 0.29) is 17.7 Å². The van der Waals surface area contributed by atoms with Crippen molar-refractivity contribution in [1.29, 1.82) is 0 Å². The number of hydrogen-bond acceptors (Lipinski definition) is 3. The lowest BCUT2D eigenvalue weighted by Gasteiger charge is -2.52. The summed E-state index contributed by atoms with van der Waals surface area (Å²) in [5, 5.41) is 2.52. The predicted octanol–water partition coefficient (Wildman–Crippen LogP) is 12.9. The van der Waals surface area contributed by atoms with E-state index in [0.29, 0.717) is 0 Å². The predicted molar refractivity (Wildman–Crippen MR) is 256 cm³/mol. The lowest BCUT2D eigenvalue weighted by Crippen LogP contribution is -2.64. The fraction of sp³-hybridized carbons (Fsp3) is 0.179. The zero-order chi connectivity index (χ0) is 40.3. The molecule has 8 aromatic carbocycles. The molecule has 0 N–H and O–H groups in total. The van der Waals surface area contributed by atoms with Gasteiger partial charge in [0.1, 0.15) is 0 Å². The largest absolute Gasteiger partial charge is 0.335 e. The molecule has 290 valence electrons. The summed E-state index contributed by atoms with van der Waals surface area (Å²) in [7, 11) is 0. The summed E-state index contributed by atoms with van der Waals surface area (Å²) in [5.41, 5.74) is 20.8. The first-order valence-corrected chi connectivity index (χ1v) is 21.9. The van der Waals surface area contributed by atoms with Crippen LogP contribution in [0.1, 0.15) is 56.2 Å². The number of anilines is 8. The first-order chi connectivity index (χ1) is 29.3. The van der Waals surface area contributed by atoms with Crippen molar-refractivity contribution >= 4 is 79.4 Å². The van der Waals surface area contributed by atoms with Gasteiger partial charge in [0.25, 0.3) is 6.71 Å². The van der Waals surface area contributed by atoms with E-state index in [2.05, 4.69) is 212 Å². The number of nitrogens with zero attached hydrogens (tertiary/aromatic N) is 3. The summed E-state index contributed by atoms with van der Waals surface area (Å²) >= 11 is 0. The Bertz CT molecular complexity index is 3040. The molecule has 60 heavy (non-hydrogen) atoms. The van der Waals surface area contributed by atoms with Crippen molar-refractivity contribution < 1.29 is 0 Å². The van der Waals surface area contributed by atoms with E-state index < -0.39 is 0 Å². The third-order valence-corrected chi connectivity index (χ3v) is 14.9. The van der Waals surface area contributed by atoms with E-state index in [4.69, 9.17) is 0 Å². The van der Waals surface area contributed by atoms with Crippen molar-refractivity contribution in [1.82, 2.24) is 0 Å². The first kappa shape index (κ1) is 35.4. The SMILES string of the molecule is Cc1cc2c3c(c1)N1c4c(cccc4C4(C)CCCCC14C)B3c1ccc(N(c3cccc(-c4cccc5ccccc45)c3)c3ccccc3C)cc1N2c1ccccc1. The molecule has 2 unspecified atom stereocenters. The van der Waals surface area contributed by atoms with Crippen LogP contribution in [0.15, 0.2) is 170 Å². The summed E-state index contributed by atoms with van der Waals surface area (Å²) < 4.78 is 0. The normalized spacial score (nSPS) is 19.4. The van der Waals surface area contributed by atoms with Crippen molar-refractivity contribution in [3.05, 3.63) is 187 Å². The number of fused-ring (bicyclic) bond motifs is 8. The summed E-state index contributed by atoms with van der Waals surface area (Å²) in [5.74, 6) is 0. The van der Waals surface area contributed by atoms with Gasteiger partial charge in [-0.1, -0.05) is 135 Å². The number of para-hydroxylation sites is 3. The summed E-state index contributed by atoms with van der Waals surface area (Å²) in [6, 6.07) is 63.9. The van der Waals surface area contributed by atoms with Crippen molar-refractivity contribution in [2.75, 3.05) is 14.7 Å². The fourth-order valence-corrected chi connectivity index (χ4v) is 11.9. The molecular weight excluding hydrogens is 725 g/mol. The van der Waals surface area contributed by atoms with Crippen LogP contribution in [0.2, 0.25) is 0 Å². The second-order valence-corrected chi connectivity index (χ2v) is 18.2. The third-order valence-electron chi connectivity index (χ3n) is 14.9. The lowest BCUT2D eigenvalue weighted by molar-refractivity contribution is 0.195. The van der Waals surface area contributed by atoms with E-state index in [1.54, 1.807) is 0 Å². The fourth-order valence-electron chi connectivity index (χ4n) is 11.9. The lowest BCUT2D eigenvalue weighted by atomic mass is 9.33. The van der Waals surface area contributed by atoms with Crippen molar-refractivity contribution in [2.45, 2.75) is 64.3 Å². The van der Waals surface area contributed by atoms with Crippen LogP contribution in [-0.4, -0.2) is 12.3 Å². The minimum atomic E-state index is 0.00650. The van der Waals surface area contributed by atoms with E-state index in [0.717, 1.165) is 11.4 Å². The second kappa shape index (κ2) is 13.0. The molecule has 2 atom stereocenters. The molecule has 3 aliphatic heterocycles. The van der Waals surface area contributed by atoms with E-state index in [1.165, 1.54) is 115 Å². The van der Waals surface area contributed by atoms with Gasteiger partial charge < -0.3 is 14.7 Å². The molecule has 12 rings (SSSR count). The van der Waals surface area contributed by atoms with Crippen molar-refractivity contribution in [3.63, 3.8) is 0 Å². The molecule has 0 saturated heterocycles. The van der Waals surface area contributed by atoms with Gasteiger partial charge in [0.05, 0.1) is 5.54 Å². The van der Waals surface area contributed by atoms with Crippen LogP contribution >= 0.6 is 0 Å². The molecule has 0 amide bonds. The molecular formula is C56H48BN3. The van der Waals surface area contributed by atoms with Crippen LogP contribution in [0.4, 0.5) is 45.5 Å². The van der Waals surface area contributed by atoms with Crippen LogP contribution in [0, 0.1) is 13.8 Å². The number of benzene rings is 8. The van der Waals surface area contributed by atoms with Gasteiger partial charge in [-0.05, 0) is 143 Å². The van der Waals surface area contributed by atoms with Gasteiger partial charge in [-0.3, -0.25) is 0 Å². The van der Waals surface area contributed by atoms with Gasteiger partial charge >= 0.3 is 0 Å². The van der Waals surface area contributed by atoms with Gasteiger partial charge in [-0.25, -0.2) is 0 Å². The van der Waals surface area contributed by atoms with Crippen molar-refractivity contribution in [2.24, 2.45) is 0 Å². The smallest absolute Gasteiger partial charge is 0.252 e. The highest BCUT2D eigenvalue weighted by molar-refractivity contribution is 7.00. The molecule has 3 heterocycles. The molecule has 8 aromatic rings. The Kier molecular flexibility index (Phi) is 7.67. The Morgan fingerprint density at radius 1 is 0.583 bits per heavy atom. The van der Waals surface area contributed by atoms with Crippen LogP contribution < -0.4 is 31.1 Å². The van der Waals surface area contributed by atoms with E-state index >= 15 is 0 Å². The number of aryl methyl sites for hydroxylation is 2. The van der Waals surface area contributed by atoms with Gasteiger partial charge in [-0.15, -0.1) is 0 Å². The standard InChI is InChI=1S/C56H48BN3/c1-37-33-51-53-52(34-37)60-54-46(55(3)31-12-13-32-56(55,60)4)26-16-27-48(54)57(53)47-30-29-43(36-50(47)59(51)41-21-6-5-7-22-41)58(49-28-11-8-17-38(49)2)42-23-14-20-40(35-42)45-25-15-19-39-18-9-10-24-44(39)45/h5-11,14-30,33-36H,12-13,31-32H2,1-4H3. The molecule has 4 aliphatic rings. The van der Waals surface area contributed by atoms with Crippen LogP contribution in [0.3, 0.4) is 0 Å². The molecule has 1 aliphatic carbocycles. The van der Waals surface area contributed by atoms with Crippen LogP contribution in [0.25, 0.3) is 21.9 Å². The number of hydrogen-bond donors (Lipinski definition) is 0. The maximum Gasteiger partial charge on any atom is 0.252 e. The zero-order valence-electron chi connectivity index (χ0n) is 34.9. The monoisotopic (exact) mass is 773 g/mol. The Balaban J connectivity index is 1.11. The average Bonchev–Trinajstić information content (AvgIpc) is 3.49. The summed E-state index contributed by atoms with van der Waals surface area (Å²) in [6.07, 6.45) is 4.98. The number of rotatable bonds is 5. The second-order valence-electron chi connectivity index (χ2n) is 18.2. The zero-order valence-corrected chi connectivity index (χ0v) is 34.9. The summed E-state index contributed by atoms with van der Waals surface area (Å²) in [4.78, 5) is 7.86. The highest BCUT2D eigenvalue weighted by atomic mass is 15.3. The Labute approximate surface area is 354 Å². The summed E-state index contributed by atoms with van der Waals surface area (Å²) in [6.45, 7) is 9.77. The first-order valence-electron chi connectivity index (χ1n) is 21.9. The molecule has 3 nitrogen and oxygen atoms in total. The average molecular weight is 774 g/mol. The van der Waals surface area contributed by atoms with Crippen molar-refractivity contribution in [3.8, 4) is 11.1 Å². The maximum atomic E-state index is 2.82. The third kappa shape index (κ3) is 4.85. The molecule has 0 bridgehead atoms. The minimum absolute atomic E-state index is 0.00650. The molecule has 0 radical (unpaired) electrons. The van der Waals surface area contributed by atoms with Crippen LogP contribution in [0.5, 0.6) is 0 Å². The highest BCUT2D eigenvalue weighted by Gasteiger charge is 2.61. The van der Waals surface area contributed by atoms with Gasteiger partial charge in [0.15, 0.2) is 0 Å². The van der Waals surface area contributed by atoms with Gasteiger partial charge in [-0.2, -0.15) is 0 Å². The van der Waals surface area contributed by atoms with Crippen LogP contribution in [-0.2, 0) is 5.41 Å². The minimum Gasteiger partial charge on any atom is -0.335 e. The van der Waals surface area contributed by atoms with Gasteiger partial charge in [0, 0.05) is 50.9 Å². The Morgan fingerprint density at radius 3 is 2.20 bits per heavy atom. The molecule has 1 fully saturated rings. The Hall–Kier alpha value is -6.52. The quantitative estimate of drug-likeness (QED) is 0.161. The van der Waals surface area contributed by atoms with E-state index in [1.807, 2.05) is 0 Å². The molecule has 0 aromatic heterocycles. The Morgan fingerprint density at radius 2 is 1.32 bits per heavy atom.